The molecule has 4 rings (SSSR count). The Labute approximate surface area is 107 Å². The minimum Gasteiger partial charge on any atom is -0.366 e. The van der Waals surface area contributed by atoms with Crippen LogP contribution in [0.1, 0.15) is 22.9 Å². The third kappa shape index (κ3) is 1.46. The van der Waals surface area contributed by atoms with Gasteiger partial charge in [0.05, 0.1) is 0 Å². The zero-order chi connectivity index (χ0) is 11.9. The van der Waals surface area contributed by atoms with Gasteiger partial charge in [0.2, 0.25) is 0 Å². The molecule has 0 saturated heterocycles. The van der Waals surface area contributed by atoms with E-state index in [0.717, 1.165) is 19.5 Å². The van der Waals surface area contributed by atoms with Crippen LogP contribution in [0, 0.1) is 0 Å². The highest BCUT2D eigenvalue weighted by Gasteiger charge is 2.30. The van der Waals surface area contributed by atoms with Crippen LogP contribution in [0.25, 0.3) is 0 Å². The third-order valence-electron chi connectivity index (χ3n) is 4.07. The summed E-state index contributed by atoms with van der Waals surface area (Å²) in [5.74, 6) is 0. The highest BCUT2D eigenvalue weighted by Crippen LogP contribution is 2.36. The molecule has 0 aromatic heterocycles. The fraction of sp³-hybridized carbons (Fsp3) is 0.250. The van der Waals surface area contributed by atoms with E-state index in [-0.39, 0.29) is 0 Å². The van der Waals surface area contributed by atoms with Crippen LogP contribution in [0.2, 0.25) is 0 Å². The van der Waals surface area contributed by atoms with Gasteiger partial charge in [0.15, 0.2) is 0 Å². The maximum Gasteiger partial charge on any atom is 0.106 e. The Morgan fingerprint density at radius 1 is 0.944 bits per heavy atom. The van der Waals surface area contributed by atoms with Gasteiger partial charge in [-0.05, 0) is 29.2 Å². The zero-order valence-electron chi connectivity index (χ0n) is 10.3. The molecule has 0 bridgehead atoms. The first-order valence-corrected chi connectivity index (χ1v) is 6.58. The molecule has 0 radical (unpaired) electrons. The van der Waals surface area contributed by atoms with Crippen LogP contribution in [0.15, 0.2) is 48.5 Å². The van der Waals surface area contributed by atoms with Crippen molar-refractivity contribution in [2.24, 2.45) is 0 Å². The number of nitrogens with zero attached hydrogens (tertiary/aromatic N) is 1. The Bertz CT molecular complexity index is 591. The van der Waals surface area contributed by atoms with Gasteiger partial charge in [-0.15, -0.1) is 0 Å². The lowest BCUT2D eigenvalue weighted by molar-refractivity contribution is 0.187. The number of fused-ring (bicyclic) bond motifs is 4. The summed E-state index contributed by atoms with van der Waals surface area (Å²) in [5, 5.41) is 3.68. The summed E-state index contributed by atoms with van der Waals surface area (Å²) >= 11 is 0. The van der Waals surface area contributed by atoms with Crippen molar-refractivity contribution in [1.29, 1.82) is 0 Å². The number of nitrogens with one attached hydrogen (secondary N) is 1. The first kappa shape index (κ1) is 10.2. The second-order valence-electron chi connectivity index (χ2n) is 5.12. The lowest BCUT2D eigenvalue weighted by Gasteiger charge is -2.42. The molecule has 2 aromatic rings. The number of hydrogen-bond acceptors (Lipinski definition) is 2. The summed E-state index contributed by atoms with van der Waals surface area (Å²) < 4.78 is 0. The highest BCUT2D eigenvalue weighted by molar-refractivity contribution is 5.55. The van der Waals surface area contributed by atoms with E-state index in [2.05, 4.69) is 58.7 Å². The predicted octanol–water partition coefficient (Wildman–Crippen LogP) is 3.17. The van der Waals surface area contributed by atoms with Gasteiger partial charge in [-0.2, -0.15) is 0 Å². The maximum atomic E-state index is 3.68. The quantitative estimate of drug-likeness (QED) is 0.756. The molecule has 2 heterocycles. The van der Waals surface area contributed by atoms with Crippen LogP contribution >= 0.6 is 0 Å². The zero-order valence-corrected chi connectivity index (χ0v) is 10.3. The van der Waals surface area contributed by atoms with Gasteiger partial charge in [-0.25, -0.2) is 0 Å². The molecular formula is C16H16N2. The van der Waals surface area contributed by atoms with Crippen molar-refractivity contribution in [3.63, 3.8) is 0 Å². The van der Waals surface area contributed by atoms with Gasteiger partial charge in [-0.3, -0.25) is 4.90 Å². The normalized spacial score (nSPS) is 21.4. The van der Waals surface area contributed by atoms with Crippen LogP contribution in [-0.4, -0.2) is 11.4 Å². The number of anilines is 1. The molecule has 18 heavy (non-hydrogen) atoms. The lowest BCUT2D eigenvalue weighted by atomic mass is 9.94. The SMILES string of the molecule is c1ccc2c(c1)CN1CCc3ccccc3C1N2. The van der Waals surface area contributed by atoms with Crippen LogP contribution in [0.3, 0.4) is 0 Å². The molecule has 0 spiro atoms. The van der Waals surface area contributed by atoms with Crippen LogP contribution in [0.5, 0.6) is 0 Å². The van der Waals surface area contributed by atoms with Crippen LogP contribution in [0.4, 0.5) is 5.69 Å². The van der Waals surface area contributed by atoms with Crippen molar-refractivity contribution in [3.8, 4) is 0 Å². The van der Waals surface area contributed by atoms with Crippen molar-refractivity contribution >= 4 is 5.69 Å². The van der Waals surface area contributed by atoms with E-state index in [9.17, 15) is 0 Å². The van der Waals surface area contributed by atoms with Gasteiger partial charge in [-0.1, -0.05) is 42.5 Å². The highest BCUT2D eigenvalue weighted by atomic mass is 15.3. The third-order valence-corrected chi connectivity index (χ3v) is 4.07. The summed E-state index contributed by atoms with van der Waals surface area (Å²) in [7, 11) is 0. The molecule has 1 unspecified atom stereocenters. The molecule has 2 nitrogen and oxygen atoms in total. The van der Waals surface area contributed by atoms with Gasteiger partial charge in [0.1, 0.15) is 6.17 Å². The first-order valence-electron chi connectivity index (χ1n) is 6.58. The number of para-hydroxylation sites is 1. The molecule has 0 fully saturated rings. The van der Waals surface area contributed by atoms with E-state index in [1.165, 1.54) is 22.4 Å². The predicted molar refractivity (Wildman–Crippen MR) is 73.4 cm³/mol. The summed E-state index contributed by atoms with van der Waals surface area (Å²) in [6.07, 6.45) is 1.51. The average molecular weight is 236 g/mol. The van der Waals surface area contributed by atoms with Crippen molar-refractivity contribution in [2.75, 3.05) is 11.9 Å². The van der Waals surface area contributed by atoms with E-state index in [1.54, 1.807) is 0 Å². The molecule has 2 heteroatoms. The topological polar surface area (TPSA) is 15.3 Å². The molecule has 0 saturated carbocycles. The molecule has 90 valence electrons. The van der Waals surface area contributed by atoms with Crippen molar-refractivity contribution in [2.45, 2.75) is 19.1 Å². The van der Waals surface area contributed by atoms with Gasteiger partial charge in [0.25, 0.3) is 0 Å². The molecule has 2 aliphatic heterocycles. The van der Waals surface area contributed by atoms with E-state index in [0.29, 0.717) is 6.17 Å². The molecular weight excluding hydrogens is 220 g/mol. The molecule has 2 aliphatic rings. The number of benzene rings is 2. The van der Waals surface area contributed by atoms with E-state index in [4.69, 9.17) is 0 Å². The largest absolute Gasteiger partial charge is 0.366 e. The molecule has 0 amide bonds. The minimum absolute atomic E-state index is 0.352. The fourth-order valence-corrected chi connectivity index (χ4v) is 3.12. The lowest BCUT2D eigenvalue weighted by Crippen LogP contribution is -2.42. The monoisotopic (exact) mass is 236 g/mol. The smallest absolute Gasteiger partial charge is 0.106 e. The van der Waals surface area contributed by atoms with Gasteiger partial charge >= 0.3 is 0 Å². The summed E-state index contributed by atoms with van der Waals surface area (Å²) in [4.78, 5) is 2.53. The second-order valence-corrected chi connectivity index (χ2v) is 5.12. The molecule has 0 aliphatic carbocycles. The van der Waals surface area contributed by atoms with Crippen LogP contribution < -0.4 is 5.32 Å². The Hall–Kier alpha value is -1.80. The van der Waals surface area contributed by atoms with Crippen molar-refractivity contribution in [1.82, 2.24) is 4.90 Å². The van der Waals surface area contributed by atoms with Crippen molar-refractivity contribution < 1.29 is 0 Å². The number of rotatable bonds is 0. The number of hydrogen-bond donors (Lipinski definition) is 1. The average Bonchev–Trinajstić information content (AvgIpc) is 2.45. The summed E-state index contributed by atoms with van der Waals surface area (Å²) in [6.45, 7) is 2.20. The minimum atomic E-state index is 0.352. The molecule has 1 atom stereocenters. The van der Waals surface area contributed by atoms with Gasteiger partial charge < -0.3 is 5.32 Å². The first-order chi connectivity index (χ1) is 8.92. The fourth-order valence-electron chi connectivity index (χ4n) is 3.12. The van der Waals surface area contributed by atoms with E-state index < -0.39 is 0 Å². The maximum absolute atomic E-state index is 3.68. The van der Waals surface area contributed by atoms with E-state index >= 15 is 0 Å². The van der Waals surface area contributed by atoms with Crippen LogP contribution in [-0.2, 0) is 13.0 Å². The van der Waals surface area contributed by atoms with E-state index in [1.807, 2.05) is 0 Å². The standard InChI is InChI=1S/C16H16N2/c1-3-7-14-12(5-1)9-10-18-11-13-6-2-4-8-15(13)17-16(14)18/h1-8,16-17H,9-11H2. The van der Waals surface area contributed by atoms with Gasteiger partial charge in [0, 0.05) is 18.8 Å². The summed E-state index contributed by atoms with van der Waals surface area (Å²) in [5.41, 5.74) is 5.63. The van der Waals surface area contributed by atoms with Crippen molar-refractivity contribution in [3.05, 3.63) is 65.2 Å². The molecule has 2 aromatic carbocycles. The molecule has 1 N–H and O–H groups in total. The Morgan fingerprint density at radius 2 is 1.72 bits per heavy atom. The summed E-state index contributed by atoms with van der Waals surface area (Å²) in [6, 6.07) is 17.4. The Morgan fingerprint density at radius 3 is 2.67 bits per heavy atom. The Kier molecular flexibility index (Phi) is 2.17. The second kappa shape index (κ2) is 3.85. The Balaban J connectivity index is 1.79.